The molecule has 0 aliphatic heterocycles. The molecular formula is C10H23OP. The van der Waals surface area contributed by atoms with Crippen LogP contribution in [0.3, 0.4) is 0 Å². The summed E-state index contributed by atoms with van der Waals surface area (Å²) < 4.78 is 11.7. The molecule has 0 unspecified atom stereocenters. The van der Waals surface area contributed by atoms with E-state index in [4.69, 9.17) is 0 Å². The van der Waals surface area contributed by atoms with Gasteiger partial charge < -0.3 is 4.57 Å². The Labute approximate surface area is 77.7 Å². The molecule has 0 aliphatic carbocycles. The molecule has 0 saturated heterocycles. The van der Waals surface area contributed by atoms with E-state index in [-0.39, 0.29) is 10.8 Å². The highest BCUT2D eigenvalue weighted by atomic mass is 31.1. The average Bonchev–Trinajstić information content (AvgIpc) is 1.49. The van der Waals surface area contributed by atoms with E-state index in [1.54, 1.807) is 0 Å². The Morgan fingerprint density at radius 2 is 1.08 bits per heavy atom. The zero-order chi connectivity index (χ0) is 9.99. The largest absolute Gasteiger partial charge is 0.327 e. The van der Waals surface area contributed by atoms with Gasteiger partial charge in [-0.2, -0.15) is 0 Å². The number of rotatable bonds is 2. The lowest BCUT2D eigenvalue weighted by Gasteiger charge is -2.22. The third-order valence-corrected chi connectivity index (χ3v) is 4.36. The quantitative estimate of drug-likeness (QED) is 0.607. The maximum absolute atomic E-state index is 11.7. The predicted molar refractivity (Wildman–Crippen MR) is 57.6 cm³/mol. The van der Waals surface area contributed by atoms with Gasteiger partial charge in [-0.15, -0.1) is 0 Å². The van der Waals surface area contributed by atoms with Crippen LogP contribution in [0.25, 0.3) is 0 Å². The SMILES string of the molecule is CC(C)(C)C[PH](=O)CC(C)(C)C. The first-order valence-corrected chi connectivity index (χ1v) is 6.44. The molecule has 0 saturated carbocycles. The lowest BCUT2D eigenvalue weighted by Crippen LogP contribution is -2.14. The van der Waals surface area contributed by atoms with Gasteiger partial charge in [-0.3, -0.25) is 0 Å². The highest BCUT2D eigenvalue weighted by Gasteiger charge is 2.19. The first-order valence-electron chi connectivity index (χ1n) is 4.62. The smallest absolute Gasteiger partial charge is 0.0772 e. The van der Waals surface area contributed by atoms with Crippen molar-refractivity contribution in [3.05, 3.63) is 0 Å². The Morgan fingerprint density at radius 1 is 0.833 bits per heavy atom. The molecule has 12 heavy (non-hydrogen) atoms. The van der Waals surface area contributed by atoms with Crippen molar-refractivity contribution in [2.24, 2.45) is 10.8 Å². The molecule has 0 amide bonds. The molecule has 0 aromatic heterocycles. The van der Waals surface area contributed by atoms with Gasteiger partial charge in [0.05, 0.1) is 7.80 Å². The summed E-state index contributed by atoms with van der Waals surface area (Å²) in [5, 5.41) is 0. The molecule has 0 spiro atoms. The summed E-state index contributed by atoms with van der Waals surface area (Å²) in [5.74, 6) is 0. The van der Waals surface area contributed by atoms with Crippen LogP contribution in [0.5, 0.6) is 0 Å². The second kappa shape index (κ2) is 3.96. The molecule has 1 nitrogen and oxygen atoms in total. The summed E-state index contributed by atoms with van der Waals surface area (Å²) in [7, 11) is -1.35. The summed E-state index contributed by atoms with van der Waals surface area (Å²) in [6.45, 7) is 12.9. The first-order chi connectivity index (χ1) is 5.10. The monoisotopic (exact) mass is 190 g/mol. The molecule has 0 aliphatic rings. The Morgan fingerprint density at radius 3 is 1.25 bits per heavy atom. The lowest BCUT2D eigenvalue weighted by molar-refractivity contribution is 0.443. The van der Waals surface area contributed by atoms with Gasteiger partial charge in [-0.05, 0) is 10.8 Å². The van der Waals surface area contributed by atoms with Crippen LogP contribution in [0.15, 0.2) is 0 Å². The second-order valence-electron chi connectivity index (χ2n) is 6.01. The highest BCUT2D eigenvalue weighted by molar-refractivity contribution is 7.44. The van der Waals surface area contributed by atoms with Crippen molar-refractivity contribution in [2.45, 2.75) is 41.5 Å². The van der Waals surface area contributed by atoms with Gasteiger partial charge in [0, 0.05) is 12.3 Å². The van der Waals surface area contributed by atoms with Crippen LogP contribution in [0.2, 0.25) is 0 Å². The van der Waals surface area contributed by atoms with Crippen LogP contribution < -0.4 is 0 Å². The van der Waals surface area contributed by atoms with Crippen LogP contribution >= 0.6 is 7.80 Å². The third kappa shape index (κ3) is 8.33. The molecule has 0 bridgehead atoms. The molecule has 74 valence electrons. The first kappa shape index (κ1) is 12.2. The van der Waals surface area contributed by atoms with Crippen LogP contribution in [0.4, 0.5) is 0 Å². The number of hydrogen-bond acceptors (Lipinski definition) is 1. The van der Waals surface area contributed by atoms with E-state index in [0.29, 0.717) is 0 Å². The Hall–Kier alpha value is 0.230. The summed E-state index contributed by atoms with van der Waals surface area (Å²) in [6.07, 6.45) is 1.77. The van der Waals surface area contributed by atoms with E-state index < -0.39 is 7.80 Å². The van der Waals surface area contributed by atoms with Crippen LogP contribution in [-0.2, 0) is 4.57 Å². The van der Waals surface area contributed by atoms with E-state index in [9.17, 15) is 4.57 Å². The highest BCUT2D eigenvalue weighted by Crippen LogP contribution is 2.36. The van der Waals surface area contributed by atoms with Crippen molar-refractivity contribution in [3.63, 3.8) is 0 Å². The molecule has 0 aromatic rings. The van der Waals surface area contributed by atoms with E-state index in [0.717, 1.165) is 12.3 Å². The van der Waals surface area contributed by atoms with Gasteiger partial charge >= 0.3 is 0 Å². The van der Waals surface area contributed by atoms with Crippen LogP contribution in [0.1, 0.15) is 41.5 Å². The average molecular weight is 190 g/mol. The summed E-state index contributed by atoms with van der Waals surface area (Å²) in [4.78, 5) is 0. The fourth-order valence-corrected chi connectivity index (χ4v) is 3.74. The Bertz CT molecular complexity index is 142. The summed E-state index contributed by atoms with van der Waals surface area (Å²) in [6, 6.07) is 0. The summed E-state index contributed by atoms with van der Waals surface area (Å²) >= 11 is 0. The van der Waals surface area contributed by atoms with Crippen LogP contribution in [0, 0.1) is 10.8 Å². The van der Waals surface area contributed by atoms with E-state index in [1.807, 2.05) is 0 Å². The molecule has 0 heterocycles. The standard InChI is InChI=1S/C10H23OP/c1-9(2,3)7-12(11)8-10(4,5)6/h12H,7-8H2,1-6H3. The third-order valence-electron chi connectivity index (χ3n) is 1.45. The van der Waals surface area contributed by atoms with Gasteiger partial charge in [0.15, 0.2) is 0 Å². The van der Waals surface area contributed by atoms with Crippen molar-refractivity contribution in [1.29, 1.82) is 0 Å². The van der Waals surface area contributed by atoms with Crippen molar-refractivity contribution in [1.82, 2.24) is 0 Å². The zero-order valence-electron chi connectivity index (χ0n) is 9.32. The van der Waals surface area contributed by atoms with Gasteiger partial charge in [0.2, 0.25) is 0 Å². The van der Waals surface area contributed by atoms with E-state index >= 15 is 0 Å². The molecular weight excluding hydrogens is 167 g/mol. The molecule has 0 N–H and O–H groups in total. The van der Waals surface area contributed by atoms with Gasteiger partial charge in [-0.25, -0.2) is 0 Å². The van der Waals surface area contributed by atoms with Gasteiger partial charge in [-0.1, -0.05) is 41.5 Å². The predicted octanol–water partition coefficient (Wildman–Crippen LogP) is 3.64. The fraction of sp³-hybridized carbons (Fsp3) is 1.00. The normalized spacial score (nSPS) is 13.9. The minimum Gasteiger partial charge on any atom is -0.327 e. The Balaban J connectivity index is 3.92. The summed E-state index contributed by atoms with van der Waals surface area (Å²) in [5.41, 5.74) is 0.447. The van der Waals surface area contributed by atoms with Crippen molar-refractivity contribution < 1.29 is 4.57 Å². The lowest BCUT2D eigenvalue weighted by atomic mass is 10.0. The zero-order valence-corrected chi connectivity index (χ0v) is 10.3. The van der Waals surface area contributed by atoms with Crippen LogP contribution in [-0.4, -0.2) is 12.3 Å². The molecule has 0 atom stereocenters. The number of hydrogen-bond donors (Lipinski definition) is 0. The second-order valence-corrected chi connectivity index (χ2v) is 7.80. The van der Waals surface area contributed by atoms with E-state index in [1.165, 1.54) is 0 Å². The van der Waals surface area contributed by atoms with Crippen molar-refractivity contribution >= 4 is 7.80 Å². The molecule has 0 aromatic carbocycles. The molecule has 2 heteroatoms. The minimum atomic E-state index is -1.35. The minimum absolute atomic E-state index is 0.224. The van der Waals surface area contributed by atoms with Crippen molar-refractivity contribution in [2.75, 3.05) is 12.3 Å². The molecule has 0 radical (unpaired) electrons. The molecule has 0 rings (SSSR count). The van der Waals surface area contributed by atoms with Gasteiger partial charge in [0.25, 0.3) is 0 Å². The maximum Gasteiger partial charge on any atom is 0.0772 e. The maximum atomic E-state index is 11.7. The van der Waals surface area contributed by atoms with Crippen molar-refractivity contribution in [3.8, 4) is 0 Å². The van der Waals surface area contributed by atoms with E-state index in [2.05, 4.69) is 41.5 Å². The topological polar surface area (TPSA) is 17.1 Å². The van der Waals surface area contributed by atoms with Gasteiger partial charge in [0.1, 0.15) is 0 Å². The Kier molecular flexibility index (Phi) is 4.03. The molecule has 0 fully saturated rings. The fourth-order valence-electron chi connectivity index (χ4n) is 1.25.